The molecule has 17 heavy (non-hydrogen) atoms. The molecule has 0 bridgehead atoms. The molecule has 4 nitrogen and oxygen atoms in total. The summed E-state index contributed by atoms with van der Waals surface area (Å²) in [6.07, 6.45) is 5.90. The Hall–Kier alpha value is -1.08. The van der Waals surface area contributed by atoms with Crippen LogP contribution in [0.5, 0.6) is 0 Å². The Kier molecular flexibility index (Phi) is 5.43. The van der Waals surface area contributed by atoms with Gasteiger partial charge in [0.2, 0.25) is 5.91 Å². The first-order chi connectivity index (χ1) is 8.06. The van der Waals surface area contributed by atoms with Crippen LogP contribution in [0.15, 0.2) is 0 Å². The lowest BCUT2D eigenvalue weighted by Gasteiger charge is -2.29. The summed E-state index contributed by atoms with van der Waals surface area (Å²) >= 11 is 0. The van der Waals surface area contributed by atoms with Gasteiger partial charge in [0.1, 0.15) is 0 Å². The number of carbonyl (C=O) groups is 1. The summed E-state index contributed by atoms with van der Waals surface area (Å²) in [6.45, 7) is 3.66. The van der Waals surface area contributed by atoms with E-state index in [0.717, 1.165) is 12.8 Å². The van der Waals surface area contributed by atoms with Gasteiger partial charge in [-0.05, 0) is 33.7 Å². The lowest BCUT2D eigenvalue weighted by Crippen LogP contribution is -2.49. The Morgan fingerprint density at radius 2 is 1.94 bits per heavy atom. The van der Waals surface area contributed by atoms with E-state index in [1.807, 2.05) is 20.9 Å². The number of hydrogen-bond acceptors (Lipinski definition) is 3. The molecule has 0 spiro atoms. The molecule has 2 unspecified atom stereocenters. The van der Waals surface area contributed by atoms with Crippen LogP contribution >= 0.6 is 0 Å². The average Bonchev–Trinajstić information content (AvgIpc) is 2.37. The van der Waals surface area contributed by atoms with Crippen molar-refractivity contribution in [3.63, 3.8) is 0 Å². The first-order valence-electron chi connectivity index (χ1n) is 6.48. The zero-order valence-corrected chi connectivity index (χ0v) is 11.1. The highest BCUT2D eigenvalue weighted by Crippen LogP contribution is 2.17. The van der Waals surface area contributed by atoms with Crippen molar-refractivity contribution >= 4 is 5.91 Å². The van der Waals surface area contributed by atoms with Crippen LogP contribution in [-0.4, -0.2) is 36.0 Å². The maximum Gasteiger partial charge on any atom is 0.237 e. The number of nitrogens with zero attached hydrogens (tertiary/aromatic N) is 2. The van der Waals surface area contributed by atoms with Crippen LogP contribution < -0.4 is 5.32 Å². The highest BCUT2D eigenvalue weighted by Gasteiger charge is 2.24. The normalized spacial score (nSPS) is 20.6. The predicted molar refractivity (Wildman–Crippen MR) is 67.3 cm³/mol. The third-order valence-electron chi connectivity index (χ3n) is 3.74. The molecule has 1 saturated carbocycles. The summed E-state index contributed by atoms with van der Waals surface area (Å²) in [5.74, 6) is 0.0431. The summed E-state index contributed by atoms with van der Waals surface area (Å²) in [5.41, 5.74) is 0. The summed E-state index contributed by atoms with van der Waals surface area (Å²) in [7, 11) is 1.82. The molecule has 2 atom stereocenters. The Labute approximate surface area is 104 Å². The largest absolute Gasteiger partial charge is 0.352 e. The van der Waals surface area contributed by atoms with Gasteiger partial charge < -0.3 is 5.32 Å². The van der Waals surface area contributed by atoms with Crippen LogP contribution in [0.2, 0.25) is 0 Å². The number of nitrogens with one attached hydrogen (secondary N) is 1. The zero-order valence-electron chi connectivity index (χ0n) is 11.1. The van der Waals surface area contributed by atoms with E-state index in [1.54, 1.807) is 4.90 Å². The minimum Gasteiger partial charge on any atom is -0.352 e. The number of amides is 1. The first kappa shape index (κ1) is 14.0. The Morgan fingerprint density at radius 3 is 2.47 bits per heavy atom. The average molecular weight is 237 g/mol. The molecule has 0 aromatic rings. The van der Waals surface area contributed by atoms with E-state index in [0.29, 0.717) is 6.04 Å². The molecule has 4 heteroatoms. The monoisotopic (exact) mass is 237 g/mol. The van der Waals surface area contributed by atoms with Gasteiger partial charge in [-0.15, -0.1) is 0 Å². The van der Waals surface area contributed by atoms with Crippen LogP contribution in [0.25, 0.3) is 0 Å². The van der Waals surface area contributed by atoms with E-state index in [2.05, 4.69) is 11.4 Å². The van der Waals surface area contributed by atoms with Gasteiger partial charge in [0.05, 0.1) is 18.2 Å². The topological polar surface area (TPSA) is 56.1 Å². The molecule has 96 valence electrons. The molecule has 1 amide bonds. The molecule has 1 fully saturated rings. The number of likely N-dealkylation sites (N-methyl/N-ethyl adjacent to an activating group) is 1. The van der Waals surface area contributed by atoms with Crippen molar-refractivity contribution in [3.05, 3.63) is 0 Å². The second-order valence-corrected chi connectivity index (χ2v) is 4.99. The molecule has 1 aliphatic carbocycles. The minimum absolute atomic E-state index is 0.0431. The third-order valence-corrected chi connectivity index (χ3v) is 3.74. The van der Waals surface area contributed by atoms with Crippen LogP contribution in [0.1, 0.15) is 46.0 Å². The Bertz CT molecular complexity index is 292. The maximum absolute atomic E-state index is 12.0. The quantitative estimate of drug-likeness (QED) is 0.809. The zero-order chi connectivity index (χ0) is 12.8. The lowest BCUT2D eigenvalue weighted by atomic mass is 9.95. The van der Waals surface area contributed by atoms with Gasteiger partial charge in [-0.1, -0.05) is 19.3 Å². The van der Waals surface area contributed by atoms with Crippen LogP contribution in [0, 0.1) is 11.3 Å². The molecule has 0 aromatic carbocycles. The number of hydrogen-bond donors (Lipinski definition) is 1. The van der Waals surface area contributed by atoms with Crippen molar-refractivity contribution < 1.29 is 4.79 Å². The SMILES string of the molecule is CC(C#N)N(C)C(C)C(=O)NC1CCCCC1. The van der Waals surface area contributed by atoms with Gasteiger partial charge in [-0.2, -0.15) is 5.26 Å². The highest BCUT2D eigenvalue weighted by molar-refractivity contribution is 5.81. The predicted octanol–water partition coefficient (Wildman–Crippen LogP) is 1.67. The molecule has 0 radical (unpaired) electrons. The van der Waals surface area contributed by atoms with Gasteiger partial charge in [0.25, 0.3) is 0 Å². The molecule has 1 aliphatic rings. The lowest BCUT2D eigenvalue weighted by molar-refractivity contribution is -0.126. The van der Waals surface area contributed by atoms with E-state index in [9.17, 15) is 4.79 Å². The first-order valence-corrected chi connectivity index (χ1v) is 6.48. The number of nitriles is 1. The molecular formula is C13H23N3O. The second-order valence-electron chi connectivity index (χ2n) is 4.99. The molecule has 0 saturated heterocycles. The van der Waals surface area contributed by atoms with Gasteiger partial charge in [0, 0.05) is 6.04 Å². The summed E-state index contributed by atoms with van der Waals surface area (Å²) < 4.78 is 0. The molecule has 1 N–H and O–H groups in total. The van der Waals surface area contributed by atoms with Crippen molar-refractivity contribution in [3.8, 4) is 6.07 Å². The maximum atomic E-state index is 12.0. The van der Waals surface area contributed by atoms with Crippen LogP contribution in [-0.2, 0) is 4.79 Å². The van der Waals surface area contributed by atoms with Crippen molar-refractivity contribution in [2.24, 2.45) is 0 Å². The van der Waals surface area contributed by atoms with Crippen LogP contribution in [0.4, 0.5) is 0 Å². The van der Waals surface area contributed by atoms with Crippen molar-refractivity contribution in [1.82, 2.24) is 10.2 Å². The summed E-state index contributed by atoms with van der Waals surface area (Å²) in [6, 6.07) is 2.01. The van der Waals surface area contributed by atoms with Gasteiger partial charge in [-0.3, -0.25) is 9.69 Å². The fraction of sp³-hybridized carbons (Fsp3) is 0.846. The molecule has 0 aliphatic heterocycles. The van der Waals surface area contributed by atoms with E-state index >= 15 is 0 Å². The van der Waals surface area contributed by atoms with Gasteiger partial charge in [0.15, 0.2) is 0 Å². The smallest absolute Gasteiger partial charge is 0.237 e. The molecule has 0 heterocycles. The molecular weight excluding hydrogens is 214 g/mol. The van der Waals surface area contributed by atoms with E-state index in [1.165, 1.54) is 19.3 Å². The van der Waals surface area contributed by atoms with Crippen molar-refractivity contribution in [1.29, 1.82) is 5.26 Å². The second kappa shape index (κ2) is 6.61. The molecule has 1 rings (SSSR count). The van der Waals surface area contributed by atoms with Crippen molar-refractivity contribution in [2.75, 3.05) is 7.05 Å². The van der Waals surface area contributed by atoms with Gasteiger partial charge in [-0.25, -0.2) is 0 Å². The minimum atomic E-state index is -0.244. The van der Waals surface area contributed by atoms with E-state index in [4.69, 9.17) is 5.26 Å². The Balaban J connectivity index is 2.43. The highest BCUT2D eigenvalue weighted by atomic mass is 16.2. The molecule has 0 aromatic heterocycles. The van der Waals surface area contributed by atoms with E-state index in [-0.39, 0.29) is 18.0 Å². The van der Waals surface area contributed by atoms with Crippen molar-refractivity contribution in [2.45, 2.75) is 64.1 Å². The van der Waals surface area contributed by atoms with Crippen LogP contribution in [0.3, 0.4) is 0 Å². The van der Waals surface area contributed by atoms with E-state index < -0.39 is 0 Å². The number of rotatable bonds is 4. The summed E-state index contributed by atoms with van der Waals surface area (Å²) in [4.78, 5) is 13.8. The third kappa shape index (κ3) is 4.01. The summed E-state index contributed by atoms with van der Waals surface area (Å²) in [5, 5.41) is 11.9. The van der Waals surface area contributed by atoms with Gasteiger partial charge >= 0.3 is 0 Å². The fourth-order valence-corrected chi connectivity index (χ4v) is 2.18. The number of carbonyl (C=O) groups excluding carboxylic acids is 1. The Morgan fingerprint density at radius 1 is 1.35 bits per heavy atom. The standard InChI is InChI=1S/C13H23N3O/c1-10(9-14)16(3)11(2)13(17)15-12-7-5-4-6-8-12/h10-12H,4-8H2,1-3H3,(H,15,17). The fourth-order valence-electron chi connectivity index (χ4n) is 2.18.